The van der Waals surface area contributed by atoms with Crippen molar-refractivity contribution in [3.05, 3.63) is 70.8 Å². The number of fused-ring (bicyclic) bond motifs is 1. The normalized spacial score (nSPS) is 14.3. The second-order valence-corrected chi connectivity index (χ2v) is 7.11. The van der Waals surface area contributed by atoms with E-state index in [2.05, 4.69) is 5.32 Å². The number of benzene rings is 2. The molecule has 0 aliphatic carbocycles. The van der Waals surface area contributed by atoms with Crippen molar-refractivity contribution in [1.29, 1.82) is 0 Å². The Labute approximate surface area is 156 Å². The fraction of sp³-hybridized carbons (Fsp3) is 0.250. The smallest absolute Gasteiger partial charge is 0.262 e. The van der Waals surface area contributed by atoms with E-state index in [0.717, 1.165) is 16.0 Å². The standard InChI is InChI=1S/C20H20N2O3S/c1-13-7-9-14(10-8-13)11-21-18(23)17(12-26-2)22-19(24)15-5-3-4-6-16(15)20(22)25/h3-10,17H,11-12H2,1-2H3,(H,21,23)/t17-/m1/s1. The molecule has 6 heteroatoms. The summed E-state index contributed by atoms with van der Waals surface area (Å²) in [4.78, 5) is 39.1. The molecule has 3 rings (SSSR count). The summed E-state index contributed by atoms with van der Waals surface area (Å²) in [5.41, 5.74) is 2.82. The van der Waals surface area contributed by atoms with E-state index in [4.69, 9.17) is 0 Å². The van der Waals surface area contributed by atoms with Crippen LogP contribution in [0.1, 0.15) is 31.8 Å². The molecule has 0 spiro atoms. The molecule has 0 radical (unpaired) electrons. The minimum Gasteiger partial charge on any atom is -0.350 e. The first-order chi connectivity index (χ1) is 12.5. The molecule has 2 aromatic rings. The minimum absolute atomic E-state index is 0.325. The highest BCUT2D eigenvalue weighted by Gasteiger charge is 2.42. The van der Waals surface area contributed by atoms with Crippen LogP contribution in [0.2, 0.25) is 0 Å². The maximum Gasteiger partial charge on any atom is 0.262 e. The van der Waals surface area contributed by atoms with Crippen molar-refractivity contribution in [3.8, 4) is 0 Å². The molecule has 1 heterocycles. The van der Waals surface area contributed by atoms with E-state index in [1.54, 1.807) is 24.3 Å². The molecule has 26 heavy (non-hydrogen) atoms. The summed E-state index contributed by atoms with van der Waals surface area (Å²) in [6.07, 6.45) is 1.85. The second-order valence-electron chi connectivity index (χ2n) is 6.20. The average Bonchev–Trinajstić information content (AvgIpc) is 2.90. The predicted octanol–water partition coefficient (Wildman–Crippen LogP) is 2.64. The summed E-state index contributed by atoms with van der Waals surface area (Å²) in [6, 6.07) is 13.7. The number of imide groups is 1. The summed E-state index contributed by atoms with van der Waals surface area (Å²) in [5.74, 6) is -0.787. The Kier molecular flexibility index (Phi) is 5.42. The Morgan fingerprint density at radius 2 is 1.62 bits per heavy atom. The zero-order valence-corrected chi connectivity index (χ0v) is 15.5. The van der Waals surface area contributed by atoms with Gasteiger partial charge in [-0.2, -0.15) is 11.8 Å². The number of carbonyl (C=O) groups is 3. The molecule has 0 aromatic heterocycles. The van der Waals surface area contributed by atoms with Gasteiger partial charge in [-0.15, -0.1) is 0 Å². The molecule has 1 N–H and O–H groups in total. The molecule has 0 saturated carbocycles. The van der Waals surface area contributed by atoms with Gasteiger partial charge in [-0.1, -0.05) is 42.0 Å². The molecule has 0 unspecified atom stereocenters. The Hall–Kier alpha value is -2.60. The van der Waals surface area contributed by atoms with Crippen molar-refractivity contribution in [2.45, 2.75) is 19.5 Å². The largest absolute Gasteiger partial charge is 0.350 e. The Morgan fingerprint density at radius 3 is 2.15 bits per heavy atom. The molecule has 1 atom stereocenters. The van der Waals surface area contributed by atoms with Crippen LogP contribution in [0.5, 0.6) is 0 Å². The summed E-state index contributed by atoms with van der Waals surface area (Å²) in [6.45, 7) is 2.35. The van der Waals surface area contributed by atoms with Gasteiger partial charge in [0.15, 0.2) is 0 Å². The van der Waals surface area contributed by atoms with Crippen molar-refractivity contribution in [3.63, 3.8) is 0 Å². The highest BCUT2D eigenvalue weighted by atomic mass is 32.2. The van der Waals surface area contributed by atoms with Crippen LogP contribution in [0, 0.1) is 6.92 Å². The zero-order valence-electron chi connectivity index (χ0n) is 14.7. The van der Waals surface area contributed by atoms with Gasteiger partial charge in [0.1, 0.15) is 6.04 Å². The van der Waals surface area contributed by atoms with Gasteiger partial charge in [0.25, 0.3) is 11.8 Å². The summed E-state index contributed by atoms with van der Waals surface area (Å²) >= 11 is 1.42. The van der Waals surface area contributed by atoms with Crippen LogP contribution in [0.25, 0.3) is 0 Å². The molecule has 1 aliphatic rings. The van der Waals surface area contributed by atoms with Crippen molar-refractivity contribution in [2.24, 2.45) is 0 Å². The fourth-order valence-electron chi connectivity index (χ4n) is 2.93. The van der Waals surface area contributed by atoms with Crippen LogP contribution < -0.4 is 5.32 Å². The number of amides is 3. The lowest BCUT2D eigenvalue weighted by molar-refractivity contribution is -0.124. The van der Waals surface area contributed by atoms with Crippen LogP contribution in [-0.4, -0.2) is 40.7 Å². The number of thioether (sulfide) groups is 1. The zero-order chi connectivity index (χ0) is 18.7. The van der Waals surface area contributed by atoms with Gasteiger partial charge < -0.3 is 5.32 Å². The van der Waals surface area contributed by atoms with Gasteiger partial charge >= 0.3 is 0 Å². The number of hydrogen-bond acceptors (Lipinski definition) is 4. The number of aryl methyl sites for hydroxylation is 1. The average molecular weight is 368 g/mol. The van der Waals surface area contributed by atoms with Gasteiger partial charge in [0, 0.05) is 12.3 Å². The van der Waals surface area contributed by atoms with E-state index in [0.29, 0.717) is 23.4 Å². The first-order valence-corrected chi connectivity index (χ1v) is 9.71. The van der Waals surface area contributed by atoms with E-state index in [9.17, 15) is 14.4 Å². The molecule has 5 nitrogen and oxygen atoms in total. The van der Waals surface area contributed by atoms with Crippen molar-refractivity contribution in [2.75, 3.05) is 12.0 Å². The van der Waals surface area contributed by atoms with Gasteiger partial charge in [0.05, 0.1) is 11.1 Å². The van der Waals surface area contributed by atoms with E-state index in [-0.39, 0.29) is 5.91 Å². The van der Waals surface area contributed by atoms with Gasteiger partial charge in [-0.3, -0.25) is 19.3 Å². The lowest BCUT2D eigenvalue weighted by Crippen LogP contribution is -2.50. The lowest BCUT2D eigenvalue weighted by Gasteiger charge is -2.24. The summed E-state index contributed by atoms with van der Waals surface area (Å²) < 4.78 is 0. The van der Waals surface area contributed by atoms with E-state index in [1.165, 1.54) is 11.8 Å². The molecular weight excluding hydrogens is 348 g/mol. The molecule has 0 bridgehead atoms. The third-order valence-electron chi connectivity index (χ3n) is 4.35. The van der Waals surface area contributed by atoms with Crippen LogP contribution >= 0.6 is 11.8 Å². The fourth-order valence-corrected chi connectivity index (χ4v) is 3.55. The SMILES string of the molecule is CSC[C@H](C(=O)NCc1ccc(C)cc1)N1C(=O)c2ccccc2C1=O. The van der Waals surface area contributed by atoms with Crippen LogP contribution in [-0.2, 0) is 11.3 Å². The van der Waals surface area contributed by atoms with Crippen molar-refractivity contribution >= 4 is 29.5 Å². The van der Waals surface area contributed by atoms with E-state index < -0.39 is 17.9 Å². The molecule has 2 aromatic carbocycles. The lowest BCUT2D eigenvalue weighted by atomic mass is 10.1. The highest BCUT2D eigenvalue weighted by molar-refractivity contribution is 7.98. The van der Waals surface area contributed by atoms with Gasteiger partial charge in [0.2, 0.25) is 5.91 Å². The third kappa shape index (κ3) is 3.51. The predicted molar refractivity (Wildman–Crippen MR) is 102 cm³/mol. The first-order valence-electron chi connectivity index (χ1n) is 8.32. The monoisotopic (exact) mass is 368 g/mol. The first kappa shape index (κ1) is 18.2. The van der Waals surface area contributed by atoms with Crippen molar-refractivity contribution < 1.29 is 14.4 Å². The maximum atomic E-state index is 12.7. The maximum absolute atomic E-state index is 12.7. The number of carbonyl (C=O) groups excluding carboxylic acids is 3. The molecular formula is C20H20N2O3S. The summed E-state index contributed by atoms with van der Waals surface area (Å²) in [7, 11) is 0. The molecule has 0 saturated heterocycles. The molecule has 0 fully saturated rings. The van der Waals surface area contributed by atoms with E-state index in [1.807, 2.05) is 37.4 Å². The molecule has 1 aliphatic heterocycles. The Bertz CT molecular complexity index is 813. The van der Waals surface area contributed by atoms with Gasteiger partial charge in [-0.05, 0) is 30.9 Å². The minimum atomic E-state index is -0.831. The van der Waals surface area contributed by atoms with E-state index >= 15 is 0 Å². The number of rotatable bonds is 6. The Balaban J connectivity index is 1.76. The van der Waals surface area contributed by atoms with Crippen molar-refractivity contribution in [1.82, 2.24) is 10.2 Å². The molecule has 3 amide bonds. The quantitative estimate of drug-likeness (QED) is 0.796. The second kappa shape index (κ2) is 7.74. The number of hydrogen-bond donors (Lipinski definition) is 1. The number of nitrogens with zero attached hydrogens (tertiary/aromatic N) is 1. The number of nitrogens with one attached hydrogen (secondary N) is 1. The highest BCUT2D eigenvalue weighted by Crippen LogP contribution is 2.25. The molecule has 134 valence electrons. The summed E-state index contributed by atoms with van der Waals surface area (Å²) in [5, 5.41) is 2.85. The third-order valence-corrected chi connectivity index (χ3v) is 5.00. The van der Waals surface area contributed by atoms with Crippen LogP contribution in [0.4, 0.5) is 0 Å². The van der Waals surface area contributed by atoms with Crippen LogP contribution in [0.15, 0.2) is 48.5 Å². The van der Waals surface area contributed by atoms with Gasteiger partial charge in [-0.25, -0.2) is 0 Å². The topological polar surface area (TPSA) is 66.5 Å². The van der Waals surface area contributed by atoms with Crippen LogP contribution in [0.3, 0.4) is 0 Å². The Morgan fingerprint density at radius 1 is 1.04 bits per heavy atom.